The fourth-order valence-corrected chi connectivity index (χ4v) is 2.23. The van der Waals surface area contributed by atoms with Crippen LogP contribution >= 0.6 is 0 Å². The van der Waals surface area contributed by atoms with Gasteiger partial charge in [-0.2, -0.15) is 0 Å². The van der Waals surface area contributed by atoms with E-state index in [0.717, 1.165) is 6.07 Å². The molecule has 0 N–H and O–H groups in total. The molecular formula is C17H11NO7. The van der Waals surface area contributed by atoms with Crippen LogP contribution in [-0.4, -0.2) is 18.0 Å². The Morgan fingerprint density at radius 2 is 1.84 bits per heavy atom. The molecule has 0 spiro atoms. The minimum atomic E-state index is -0.661. The highest BCUT2D eigenvalue weighted by Gasteiger charge is 2.13. The molecule has 3 rings (SSSR count). The number of carbonyl (C=O) groups is 1. The van der Waals surface area contributed by atoms with Gasteiger partial charge in [-0.15, -0.1) is 0 Å². The molecular weight excluding hydrogens is 330 g/mol. The Kier molecular flexibility index (Phi) is 4.17. The summed E-state index contributed by atoms with van der Waals surface area (Å²) in [5.41, 5.74) is -0.350. The maximum Gasteiger partial charge on any atom is 0.339 e. The minimum Gasteiger partial charge on any atom is -0.465 e. The van der Waals surface area contributed by atoms with Gasteiger partial charge in [0.2, 0.25) is 0 Å². The van der Waals surface area contributed by atoms with Crippen molar-refractivity contribution in [1.29, 1.82) is 0 Å². The van der Waals surface area contributed by atoms with Crippen molar-refractivity contribution < 1.29 is 23.6 Å². The van der Waals surface area contributed by atoms with E-state index in [1.807, 2.05) is 0 Å². The van der Waals surface area contributed by atoms with Crippen molar-refractivity contribution in [2.24, 2.45) is 0 Å². The molecule has 0 aliphatic rings. The average molecular weight is 341 g/mol. The molecule has 1 aromatic heterocycles. The van der Waals surface area contributed by atoms with E-state index in [0.29, 0.717) is 11.1 Å². The molecule has 126 valence electrons. The second-order valence-electron chi connectivity index (χ2n) is 4.99. The van der Waals surface area contributed by atoms with E-state index in [1.54, 1.807) is 6.07 Å². The zero-order chi connectivity index (χ0) is 18.0. The van der Waals surface area contributed by atoms with Crippen molar-refractivity contribution in [1.82, 2.24) is 0 Å². The van der Waals surface area contributed by atoms with Gasteiger partial charge in [0.25, 0.3) is 5.69 Å². The molecule has 3 aromatic rings. The van der Waals surface area contributed by atoms with E-state index < -0.39 is 16.5 Å². The van der Waals surface area contributed by atoms with E-state index in [-0.39, 0.29) is 22.6 Å². The number of benzene rings is 2. The van der Waals surface area contributed by atoms with Crippen molar-refractivity contribution in [3.63, 3.8) is 0 Å². The molecule has 0 amide bonds. The first kappa shape index (κ1) is 16.2. The van der Waals surface area contributed by atoms with Crippen molar-refractivity contribution in [2.45, 2.75) is 0 Å². The van der Waals surface area contributed by atoms with E-state index >= 15 is 0 Å². The molecule has 0 fully saturated rings. The molecule has 25 heavy (non-hydrogen) atoms. The van der Waals surface area contributed by atoms with Gasteiger partial charge in [0.1, 0.15) is 17.1 Å². The smallest absolute Gasteiger partial charge is 0.339 e. The lowest BCUT2D eigenvalue weighted by atomic mass is 10.1. The van der Waals surface area contributed by atoms with Crippen molar-refractivity contribution in [3.05, 3.63) is 74.6 Å². The maximum absolute atomic E-state index is 11.7. The number of hydrogen-bond acceptors (Lipinski definition) is 7. The molecule has 0 unspecified atom stereocenters. The molecule has 2 aromatic carbocycles. The third-order valence-electron chi connectivity index (χ3n) is 3.40. The van der Waals surface area contributed by atoms with E-state index in [1.165, 1.54) is 43.5 Å². The lowest BCUT2D eigenvalue weighted by Crippen LogP contribution is -2.03. The number of carbonyl (C=O) groups excluding carboxylic acids is 1. The number of ether oxygens (including phenoxy) is 2. The highest BCUT2D eigenvalue weighted by atomic mass is 16.6. The first-order chi connectivity index (χ1) is 12.0. The van der Waals surface area contributed by atoms with Gasteiger partial charge in [0.15, 0.2) is 0 Å². The predicted octanol–water partition coefficient (Wildman–Crippen LogP) is 3.28. The van der Waals surface area contributed by atoms with E-state index in [4.69, 9.17) is 9.15 Å². The van der Waals surface area contributed by atoms with Crippen molar-refractivity contribution in [3.8, 4) is 11.5 Å². The van der Waals surface area contributed by atoms with Crippen molar-refractivity contribution >= 4 is 22.6 Å². The summed E-state index contributed by atoms with van der Waals surface area (Å²) in [5.74, 6) is -0.0442. The lowest BCUT2D eigenvalue weighted by molar-refractivity contribution is -0.384. The number of nitro benzene ring substituents is 1. The van der Waals surface area contributed by atoms with Crippen LogP contribution in [0.5, 0.6) is 11.5 Å². The molecule has 0 atom stereocenters. The second-order valence-corrected chi connectivity index (χ2v) is 4.99. The van der Waals surface area contributed by atoms with Gasteiger partial charge in [-0.3, -0.25) is 10.1 Å². The molecule has 8 nitrogen and oxygen atoms in total. The highest BCUT2D eigenvalue weighted by Crippen LogP contribution is 2.30. The SMILES string of the molecule is COC(=O)c1ccc2c(Oc3ccc([N+](=O)[O-])cc3)cc(=O)oc2c1. The van der Waals surface area contributed by atoms with Gasteiger partial charge in [-0.05, 0) is 30.3 Å². The van der Waals surface area contributed by atoms with Gasteiger partial charge in [-0.1, -0.05) is 0 Å². The fourth-order valence-electron chi connectivity index (χ4n) is 2.23. The Labute approximate surface area is 140 Å². The molecule has 0 saturated carbocycles. The van der Waals surface area contributed by atoms with Gasteiger partial charge in [0.05, 0.1) is 29.0 Å². The summed E-state index contributed by atoms with van der Waals surface area (Å²) in [6, 6.07) is 11.0. The number of methoxy groups -OCH3 is 1. The summed E-state index contributed by atoms with van der Waals surface area (Å²) in [4.78, 5) is 33.5. The zero-order valence-electron chi connectivity index (χ0n) is 12.9. The predicted molar refractivity (Wildman–Crippen MR) is 87.0 cm³/mol. The lowest BCUT2D eigenvalue weighted by Gasteiger charge is -2.08. The van der Waals surface area contributed by atoms with Crippen LogP contribution in [0.15, 0.2) is 57.7 Å². The largest absolute Gasteiger partial charge is 0.465 e. The average Bonchev–Trinajstić information content (AvgIpc) is 2.60. The van der Waals surface area contributed by atoms with Gasteiger partial charge < -0.3 is 13.9 Å². The summed E-state index contributed by atoms with van der Waals surface area (Å²) >= 11 is 0. The maximum atomic E-state index is 11.7. The van der Waals surface area contributed by atoms with Crippen LogP contribution in [0.3, 0.4) is 0 Å². The van der Waals surface area contributed by atoms with Crippen LogP contribution in [-0.2, 0) is 4.74 Å². The molecule has 0 bridgehead atoms. The van der Waals surface area contributed by atoms with Crippen LogP contribution in [0.4, 0.5) is 5.69 Å². The van der Waals surface area contributed by atoms with Crippen LogP contribution in [0, 0.1) is 10.1 Å². The Balaban J connectivity index is 2.02. The summed E-state index contributed by atoms with van der Waals surface area (Å²) in [5, 5.41) is 11.1. The van der Waals surface area contributed by atoms with Crippen LogP contribution in [0.1, 0.15) is 10.4 Å². The standard InChI is InChI=1S/C17H11NO7/c1-23-17(20)10-2-7-13-14(8-10)25-16(19)9-15(13)24-12-5-3-11(4-6-12)18(21)22/h2-9H,1H3. The van der Waals surface area contributed by atoms with Crippen LogP contribution in [0.25, 0.3) is 11.0 Å². The normalized spacial score (nSPS) is 10.4. The highest BCUT2D eigenvalue weighted by molar-refractivity contribution is 5.95. The molecule has 1 heterocycles. The van der Waals surface area contributed by atoms with E-state index in [9.17, 15) is 19.7 Å². The summed E-state index contributed by atoms with van der Waals surface area (Å²) in [6.07, 6.45) is 0. The number of nitrogens with zero attached hydrogens (tertiary/aromatic N) is 1. The second kappa shape index (κ2) is 6.44. The number of esters is 1. The number of non-ortho nitro benzene ring substituents is 1. The van der Waals surface area contributed by atoms with Gasteiger partial charge in [0, 0.05) is 12.1 Å². The van der Waals surface area contributed by atoms with Crippen LogP contribution < -0.4 is 10.4 Å². The number of fused-ring (bicyclic) bond motifs is 1. The minimum absolute atomic E-state index is 0.0764. The van der Waals surface area contributed by atoms with Crippen LogP contribution in [0.2, 0.25) is 0 Å². The van der Waals surface area contributed by atoms with Gasteiger partial charge >= 0.3 is 11.6 Å². The first-order valence-electron chi connectivity index (χ1n) is 7.06. The van der Waals surface area contributed by atoms with E-state index in [2.05, 4.69) is 4.74 Å². The fraction of sp³-hybridized carbons (Fsp3) is 0.0588. The number of rotatable bonds is 4. The molecule has 0 saturated heterocycles. The van der Waals surface area contributed by atoms with Gasteiger partial charge in [-0.25, -0.2) is 9.59 Å². The Bertz CT molecular complexity index is 1020. The molecule has 0 aliphatic carbocycles. The molecule has 0 radical (unpaired) electrons. The topological polar surface area (TPSA) is 109 Å². The Morgan fingerprint density at radius 1 is 1.12 bits per heavy atom. The Morgan fingerprint density at radius 3 is 2.48 bits per heavy atom. The first-order valence-corrected chi connectivity index (χ1v) is 7.06. The third kappa shape index (κ3) is 3.32. The number of hydrogen-bond donors (Lipinski definition) is 0. The Hall–Kier alpha value is -3.68. The summed E-state index contributed by atoms with van der Waals surface area (Å²) in [7, 11) is 1.25. The third-order valence-corrected chi connectivity index (χ3v) is 3.40. The number of nitro groups is 1. The summed E-state index contributed by atoms with van der Waals surface area (Å²) < 4.78 is 15.4. The van der Waals surface area contributed by atoms with Crippen molar-refractivity contribution in [2.75, 3.05) is 7.11 Å². The zero-order valence-corrected chi connectivity index (χ0v) is 12.9. The molecule has 8 heteroatoms. The summed E-state index contributed by atoms with van der Waals surface area (Å²) in [6.45, 7) is 0. The quantitative estimate of drug-likeness (QED) is 0.310. The monoisotopic (exact) mass is 341 g/mol. The molecule has 0 aliphatic heterocycles.